The molecule has 2 aliphatic rings. The Morgan fingerprint density at radius 1 is 1.14 bits per heavy atom. The van der Waals surface area contributed by atoms with Gasteiger partial charge in [-0.2, -0.15) is 11.8 Å². The Labute approximate surface area is 169 Å². The number of methoxy groups -OCH3 is 3. The summed E-state index contributed by atoms with van der Waals surface area (Å²) in [5, 5.41) is 9.25. The minimum atomic E-state index is -0.0648. The Hall–Kier alpha value is -2.29. The first kappa shape index (κ1) is 20.4. The number of ether oxygens (including phenoxy) is 3. The van der Waals surface area contributed by atoms with Gasteiger partial charge in [-0.15, -0.1) is 0 Å². The number of benzene rings is 1. The SMILES string of the molecule is COc1cc(NC(=O)CCCC[C@H]2SC[C@@H]3NC(=O)N[C@H]32)cc(OC)c1OC. The van der Waals surface area contributed by atoms with E-state index in [0.717, 1.165) is 25.0 Å². The number of hydrogen-bond acceptors (Lipinski definition) is 6. The van der Waals surface area contributed by atoms with E-state index in [1.54, 1.807) is 12.1 Å². The smallest absolute Gasteiger partial charge is 0.315 e. The molecule has 3 amide bonds. The third-order valence-electron chi connectivity index (χ3n) is 5.03. The zero-order valence-corrected chi connectivity index (χ0v) is 17.2. The van der Waals surface area contributed by atoms with E-state index in [0.29, 0.717) is 34.6 Å². The molecule has 1 aromatic rings. The van der Waals surface area contributed by atoms with Gasteiger partial charge in [0.2, 0.25) is 11.7 Å². The summed E-state index contributed by atoms with van der Waals surface area (Å²) in [4.78, 5) is 23.7. The number of carbonyl (C=O) groups excluding carboxylic acids is 2. The monoisotopic (exact) mass is 409 g/mol. The highest BCUT2D eigenvalue weighted by Gasteiger charge is 2.42. The van der Waals surface area contributed by atoms with Crippen molar-refractivity contribution in [2.45, 2.75) is 43.0 Å². The van der Waals surface area contributed by atoms with Crippen LogP contribution in [-0.2, 0) is 4.79 Å². The maximum atomic E-state index is 12.3. The van der Waals surface area contributed by atoms with E-state index in [2.05, 4.69) is 16.0 Å². The molecule has 2 heterocycles. The molecule has 154 valence electrons. The minimum Gasteiger partial charge on any atom is -0.493 e. The number of amides is 3. The molecule has 2 saturated heterocycles. The Kier molecular flexibility index (Phi) is 6.77. The molecule has 2 aliphatic heterocycles. The van der Waals surface area contributed by atoms with Gasteiger partial charge in [-0.1, -0.05) is 6.42 Å². The van der Waals surface area contributed by atoms with Crippen molar-refractivity contribution in [3.8, 4) is 17.2 Å². The van der Waals surface area contributed by atoms with Crippen LogP contribution in [0.4, 0.5) is 10.5 Å². The molecule has 0 unspecified atom stereocenters. The van der Waals surface area contributed by atoms with Gasteiger partial charge >= 0.3 is 6.03 Å². The van der Waals surface area contributed by atoms with Crippen molar-refractivity contribution in [1.82, 2.24) is 10.6 Å². The average Bonchev–Trinajstić information content (AvgIpc) is 3.23. The molecular weight excluding hydrogens is 382 g/mol. The number of nitrogens with one attached hydrogen (secondary N) is 3. The summed E-state index contributed by atoms with van der Waals surface area (Å²) in [6, 6.07) is 3.82. The van der Waals surface area contributed by atoms with Gasteiger partial charge < -0.3 is 30.2 Å². The fourth-order valence-corrected chi connectivity index (χ4v) is 5.19. The highest BCUT2D eigenvalue weighted by atomic mass is 32.2. The second kappa shape index (κ2) is 9.27. The van der Waals surface area contributed by atoms with E-state index in [1.165, 1.54) is 21.3 Å². The van der Waals surface area contributed by atoms with Gasteiger partial charge in [0.1, 0.15) is 0 Å². The van der Waals surface area contributed by atoms with E-state index in [1.807, 2.05) is 11.8 Å². The predicted octanol–water partition coefficient (Wildman–Crippen LogP) is 2.38. The largest absolute Gasteiger partial charge is 0.493 e. The molecule has 9 heteroatoms. The number of anilines is 1. The third-order valence-corrected chi connectivity index (χ3v) is 6.54. The Morgan fingerprint density at radius 2 is 1.86 bits per heavy atom. The summed E-state index contributed by atoms with van der Waals surface area (Å²) in [5.41, 5.74) is 0.605. The molecule has 3 rings (SSSR count). The first-order valence-corrected chi connectivity index (χ1v) is 10.4. The van der Waals surface area contributed by atoms with Gasteiger partial charge in [0.25, 0.3) is 0 Å². The number of rotatable bonds is 9. The van der Waals surface area contributed by atoms with E-state index in [-0.39, 0.29) is 24.0 Å². The van der Waals surface area contributed by atoms with Crippen LogP contribution in [0.2, 0.25) is 0 Å². The lowest BCUT2D eigenvalue weighted by molar-refractivity contribution is -0.116. The average molecular weight is 410 g/mol. The highest BCUT2D eigenvalue weighted by molar-refractivity contribution is 8.00. The second-order valence-electron chi connectivity index (χ2n) is 6.83. The highest BCUT2D eigenvalue weighted by Crippen LogP contribution is 2.40. The van der Waals surface area contributed by atoms with Crippen LogP contribution in [0.1, 0.15) is 25.7 Å². The van der Waals surface area contributed by atoms with E-state index >= 15 is 0 Å². The zero-order chi connectivity index (χ0) is 20.1. The Balaban J connectivity index is 1.45. The molecule has 3 N–H and O–H groups in total. The normalized spacial score (nSPS) is 22.8. The van der Waals surface area contributed by atoms with Crippen LogP contribution >= 0.6 is 11.8 Å². The summed E-state index contributed by atoms with van der Waals surface area (Å²) in [6.45, 7) is 0. The molecule has 0 aromatic heterocycles. The van der Waals surface area contributed by atoms with Gasteiger partial charge in [0, 0.05) is 35.2 Å². The number of carbonyl (C=O) groups is 2. The zero-order valence-electron chi connectivity index (χ0n) is 16.4. The standard InChI is InChI=1S/C19H27N3O5S/c1-25-13-8-11(9-14(26-2)18(13)27-3)20-16(23)7-5-4-6-15-17-12(10-28-15)21-19(24)22-17/h8-9,12,15,17H,4-7,10H2,1-3H3,(H,20,23)(H2,21,22,24)/t12-,15+,17+/m0/s1. The van der Waals surface area contributed by atoms with Crippen LogP contribution in [-0.4, -0.2) is 56.4 Å². The quantitative estimate of drug-likeness (QED) is 0.428. The van der Waals surface area contributed by atoms with Crippen LogP contribution in [0.25, 0.3) is 0 Å². The fraction of sp³-hybridized carbons (Fsp3) is 0.579. The van der Waals surface area contributed by atoms with Gasteiger partial charge in [-0.05, 0) is 12.8 Å². The number of fused-ring (bicyclic) bond motifs is 1. The Morgan fingerprint density at radius 3 is 2.50 bits per heavy atom. The maximum Gasteiger partial charge on any atom is 0.315 e. The minimum absolute atomic E-state index is 0.0536. The van der Waals surface area contributed by atoms with Crippen molar-refractivity contribution in [3.63, 3.8) is 0 Å². The molecule has 8 nitrogen and oxygen atoms in total. The predicted molar refractivity (Wildman–Crippen MR) is 109 cm³/mol. The van der Waals surface area contributed by atoms with Crippen LogP contribution in [0, 0.1) is 0 Å². The first-order chi connectivity index (χ1) is 13.5. The molecule has 2 fully saturated rings. The molecule has 0 spiro atoms. The van der Waals surface area contributed by atoms with E-state index < -0.39 is 0 Å². The molecule has 3 atom stereocenters. The summed E-state index contributed by atoms with van der Waals surface area (Å²) in [7, 11) is 4.62. The summed E-state index contributed by atoms with van der Waals surface area (Å²) < 4.78 is 15.9. The maximum absolute atomic E-state index is 12.3. The van der Waals surface area contributed by atoms with Gasteiger partial charge in [0.05, 0.1) is 33.4 Å². The number of thioether (sulfide) groups is 1. The molecule has 1 aromatic carbocycles. The molecule has 0 saturated carbocycles. The van der Waals surface area contributed by atoms with E-state index in [4.69, 9.17) is 14.2 Å². The third kappa shape index (κ3) is 4.57. The fourth-order valence-electron chi connectivity index (χ4n) is 3.65. The number of hydrogen-bond donors (Lipinski definition) is 3. The van der Waals surface area contributed by atoms with Gasteiger partial charge in [-0.3, -0.25) is 4.79 Å². The molecule has 0 aliphatic carbocycles. The summed E-state index contributed by atoms with van der Waals surface area (Å²) >= 11 is 1.89. The van der Waals surface area contributed by atoms with Gasteiger partial charge in [0.15, 0.2) is 11.5 Å². The van der Waals surface area contributed by atoms with Crippen LogP contribution < -0.4 is 30.2 Å². The first-order valence-electron chi connectivity index (χ1n) is 9.34. The lowest BCUT2D eigenvalue weighted by Gasteiger charge is -2.16. The lowest BCUT2D eigenvalue weighted by atomic mass is 10.0. The summed E-state index contributed by atoms with van der Waals surface area (Å²) in [5.74, 6) is 2.38. The van der Waals surface area contributed by atoms with Crippen molar-refractivity contribution in [1.29, 1.82) is 0 Å². The van der Waals surface area contributed by atoms with Crippen LogP contribution in [0.15, 0.2) is 12.1 Å². The van der Waals surface area contributed by atoms with Crippen molar-refractivity contribution < 1.29 is 23.8 Å². The summed E-state index contributed by atoms with van der Waals surface area (Å²) in [6.07, 6.45) is 3.17. The molecular formula is C19H27N3O5S. The Bertz CT molecular complexity index is 705. The molecule has 28 heavy (non-hydrogen) atoms. The number of urea groups is 1. The second-order valence-corrected chi connectivity index (χ2v) is 8.10. The van der Waals surface area contributed by atoms with Crippen molar-refractivity contribution >= 4 is 29.4 Å². The lowest BCUT2D eigenvalue weighted by Crippen LogP contribution is -2.36. The van der Waals surface area contributed by atoms with Crippen molar-refractivity contribution in [2.24, 2.45) is 0 Å². The molecule has 0 bridgehead atoms. The van der Waals surface area contributed by atoms with Crippen LogP contribution in [0.3, 0.4) is 0 Å². The van der Waals surface area contributed by atoms with Crippen molar-refractivity contribution in [2.75, 3.05) is 32.4 Å². The molecule has 0 radical (unpaired) electrons. The van der Waals surface area contributed by atoms with E-state index in [9.17, 15) is 9.59 Å². The van der Waals surface area contributed by atoms with Crippen molar-refractivity contribution in [3.05, 3.63) is 12.1 Å². The topological polar surface area (TPSA) is 97.9 Å². The van der Waals surface area contributed by atoms with Crippen LogP contribution in [0.5, 0.6) is 17.2 Å². The van der Waals surface area contributed by atoms with Gasteiger partial charge in [-0.25, -0.2) is 4.79 Å². The number of unbranched alkanes of at least 4 members (excludes halogenated alkanes) is 1.